The fraction of sp³-hybridized carbons (Fsp3) is 0.125. The summed E-state index contributed by atoms with van der Waals surface area (Å²) in [6, 6.07) is 5.23. The first kappa shape index (κ1) is 9.31. The number of carbonyl (C=O) groups excluding carboxylic acids is 1. The molecule has 64 valence electrons. The SMILES string of the molecule is COc1cc(I)ccc1C(N)=O. The highest BCUT2D eigenvalue weighted by Gasteiger charge is 2.07. The van der Waals surface area contributed by atoms with Crippen LogP contribution in [0.2, 0.25) is 0 Å². The highest BCUT2D eigenvalue weighted by molar-refractivity contribution is 14.1. The average Bonchev–Trinajstić information content (AvgIpc) is 2.03. The first-order valence-corrected chi connectivity index (χ1v) is 4.36. The Balaban J connectivity index is 3.20. The summed E-state index contributed by atoms with van der Waals surface area (Å²) in [7, 11) is 1.51. The van der Waals surface area contributed by atoms with E-state index in [1.807, 2.05) is 6.07 Å². The van der Waals surface area contributed by atoms with E-state index in [1.165, 1.54) is 7.11 Å². The van der Waals surface area contributed by atoms with Gasteiger partial charge in [0.2, 0.25) is 0 Å². The topological polar surface area (TPSA) is 52.3 Å². The molecule has 0 aliphatic carbocycles. The second kappa shape index (κ2) is 3.75. The Kier molecular flexibility index (Phi) is 2.91. The van der Waals surface area contributed by atoms with Crippen LogP contribution in [-0.4, -0.2) is 13.0 Å². The first-order chi connectivity index (χ1) is 5.65. The number of halogens is 1. The lowest BCUT2D eigenvalue weighted by Gasteiger charge is -2.04. The molecule has 2 N–H and O–H groups in total. The maximum absolute atomic E-state index is 10.8. The summed E-state index contributed by atoms with van der Waals surface area (Å²) in [5, 5.41) is 0. The van der Waals surface area contributed by atoms with Crippen LogP contribution in [0.25, 0.3) is 0 Å². The van der Waals surface area contributed by atoms with Crippen LogP contribution in [0.4, 0.5) is 0 Å². The number of carbonyl (C=O) groups is 1. The standard InChI is InChI=1S/C8H8INO2/c1-12-7-4-5(9)2-3-6(7)8(10)11/h2-4H,1H3,(H2,10,11). The van der Waals surface area contributed by atoms with Crippen LogP contribution in [0.15, 0.2) is 18.2 Å². The number of amides is 1. The van der Waals surface area contributed by atoms with Gasteiger partial charge in [-0.3, -0.25) is 4.79 Å². The van der Waals surface area contributed by atoms with Gasteiger partial charge < -0.3 is 10.5 Å². The Labute approximate surface area is 84.0 Å². The third-order valence-corrected chi connectivity index (χ3v) is 2.10. The number of hydrogen-bond acceptors (Lipinski definition) is 2. The number of nitrogens with two attached hydrogens (primary N) is 1. The fourth-order valence-corrected chi connectivity index (χ4v) is 1.33. The molecule has 0 unspecified atom stereocenters. The third kappa shape index (κ3) is 1.88. The van der Waals surface area contributed by atoms with Gasteiger partial charge in [0.05, 0.1) is 12.7 Å². The van der Waals surface area contributed by atoms with Crippen molar-refractivity contribution >= 4 is 28.5 Å². The second-order valence-corrected chi connectivity index (χ2v) is 3.45. The summed E-state index contributed by atoms with van der Waals surface area (Å²) in [6.07, 6.45) is 0. The first-order valence-electron chi connectivity index (χ1n) is 3.28. The second-order valence-electron chi connectivity index (χ2n) is 2.21. The molecule has 0 saturated heterocycles. The van der Waals surface area contributed by atoms with Crippen molar-refractivity contribution in [3.63, 3.8) is 0 Å². The lowest BCUT2D eigenvalue weighted by atomic mass is 10.2. The van der Waals surface area contributed by atoms with Crippen molar-refractivity contribution in [2.45, 2.75) is 0 Å². The van der Waals surface area contributed by atoms with Crippen molar-refractivity contribution in [1.29, 1.82) is 0 Å². The minimum atomic E-state index is -0.469. The Bertz CT molecular complexity index is 312. The normalized spacial score (nSPS) is 9.50. The molecule has 12 heavy (non-hydrogen) atoms. The predicted molar refractivity (Wildman–Crippen MR) is 54.2 cm³/mol. The monoisotopic (exact) mass is 277 g/mol. The van der Waals surface area contributed by atoms with Crippen LogP contribution in [0.1, 0.15) is 10.4 Å². The van der Waals surface area contributed by atoms with Gasteiger partial charge in [-0.25, -0.2) is 0 Å². The lowest BCUT2D eigenvalue weighted by Crippen LogP contribution is -2.12. The molecule has 0 spiro atoms. The lowest BCUT2D eigenvalue weighted by molar-refractivity contribution is 0.0997. The van der Waals surface area contributed by atoms with Crippen LogP contribution in [0, 0.1) is 3.57 Å². The van der Waals surface area contributed by atoms with E-state index in [9.17, 15) is 4.79 Å². The van der Waals surface area contributed by atoms with Crippen molar-refractivity contribution in [3.05, 3.63) is 27.3 Å². The van der Waals surface area contributed by atoms with Crippen molar-refractivity contribution in [2.75, 3.05) is 7.11 Å². The molecule has 4 heteroatoms. The van der Waals surface area contributed by atoms with Gasteiger partial charge in [0.25, 0.3) is 5.91 Å². The van der Waals surface area contributed by atoms with Crippen LogP contribution in [0.3, 0.4) is 0 Å². The summed E-state index contributed by atoms with van der Waals surface area (Å²) in [6.45, 7) is 0. The van der Waals surface area contributed by atoms with Gasteiger partial charge >= 0.3 is 0 Å². The Morgan fingerprint density at radius 3 is 2.75 bits per heavy atom. The van der Waals surface area contributed by atoms with Crippen molar-refractivity contribution < 1.29 is 9.53 Å². The predicted octanol–water partition coefficient (Wildman–Crippen LogP) is 1.40. The van der Waals surface area contributed by atoms with Gasteiger partial charge in [-0.1, -0.05) is 0 Å². The molecule has 1 aromatic carbocycles. The Hall–Kier alpha value is -0.780. The van der Waals surface area contributed by atoms with Gasteiger partial charge in [-0.05, 0) is 40.8 Å². The third-order valence-electron chi connectivity index (χ3n) is 1.43. The number of rotatable bonds is 2. The van der Waals surface area contributed by atoms with Gasteiger partial charge in [0.1, 0.15) is 5.75 Å². The maximum atomic E-state index is 10.8. The van der Waals surface area contributed by atoms with E-state index < -0.39 is 5.91 Å². The zero-order chi connectivity index (χ0) is 9.14. The Morgan fingerprint density at radius 2 is 2.25 bits per heavy atom. The van der Waals surface area contributed by atoms with Crippen LogP contribution < -0.4 is 10.5 Å². The molecule has 0 atom stereocenters. The van der Waals surface area contributed by atoms with Crippen LogP contribution in [-0.2, 0) is 0 Å². The highest BCUT2D eigenvalue weighted by atomic mass is 127. The van der Waals surface area contributed by atoms with E-state index in [1.54, 1.807) is 12.1 Å². The van der Waals surface area contributed by atoms with Gasteiger partial charge in [0.15, 0.2) is 0 Å². The molecule has 0 saturated carbocycles. The highest BCUT2D eigenvalue weighted by Crippen LogP contribution is 2.20. The zero-order valence-corrected chi connectivity index (χ0v) is 8.66. The smallest absolute Gasteiger partial charge is 0.252 e. The number of methoxy groups -OCH3 is 1. The minimum Gasteiger partial charge on any atom is -0.496 e. The van der Waals surface area contributed by atoms with Crippen molar-refractivity contribution in [1.82, 2.24) is 0 Å². The summed E-state index contributed by atoms with van der Waals surface area (Å²) in [5.74, 6) is 0.0534. The molecule has 0 fully saturated rings. The molecule has 0 radical (unpaired) electrons. The van der Waals surface area contributed by atoms with E-state index in [4.69, 9.17) is 10.5 Å². The summed E-state index contributed by atoms with van der Waals surface area (Å²) in [4.78, 5) is 10.8. The molecule has 0 aliphatic heterocycles. The summed E-state index contributed by atoms with van der Waals surface area (Å²) >= 11 is 2.14. The quantitative estimate of drug-likeness (QED) is 0.831. The molecule has 0 aliphatic rings. The summed E-state index contributed by atoms with van der Waals surface area (Å²) in [5.41, 5.74) is 5.53. The molecular weight excluding hydrogens is 269 g/mol. The van der Waals surface area contributed by atoms with Crippen molar-refractivity contribution in [2.24, 2.45) is 5.73 Å². The van der Waals surface area contributed by atoms with E-state index in [-0.39, 0.29) is 0 Å². The molecule has 3 nitrogen and oxygen atoms in total. The van der Waals surface area contributed by atoms with Crippen LogP contribution in [0.5, 0.6) is 5.75 Å². The van der Waals surface area contributed by atoms with E-state index >= 15 is 0 Å². The average molecular weight is 277 g/mol. The molecular formula is C8H8INO2. The number of benzene rings is 1. The number of primary amides is 1. The Morgan fingerprint density at radius 1 is 1.58 bits per heavy atom. The fourth-order valence-electron chi connectivity index (χ4n) is 0.869. The molecule has 1 rings (SSSR count). The van der Waals surface area contributed by atoms with Gasteiger partial charge in [-0.15, -0.1) is 0 Å². The van der Waals surface area contributed by atoms with Gasteiger partial charge in [-0.2, -0.15) is 0 Å². The molecule has 0 aromatic heterocycles. The zero-order valence-electron chi connectivity index (χ0n) is 6.50. The summed E-state index contributed by atoms with van der Waals surface area (Å²) < 4.78 is 5.99. The van der Waals surface area contributed by atoms with Crippen molar-refractivity contribution in [3.8, 4) is 5.75 Å². The van der Waals surface area contributed by atoms with E-state index in [2.05, 4.69) is 22.6 Å². The van der Waals surface area contributed by atoms with E-state index in [0.29, 0.717) is 11.3 Å². The molecule has 0 heterocycles. The molecule has 1 aromatic rings. The van der Waals surface area contributed by atoms with Crippen LogP contribution >= 0.6 is 22.6 Å². The van der Waals surface area contributed by atoms with Gasteiger partial charge in [0, 0.05) is 3.57 Å². The minimum absolute atomic E-state index is 0.415. The number of ether oxygens (including phenoxy) is 1. The number of hydrogen-bond donors (Lipinski definition) is 1. The van der Waals surface area contributed by atoms with E-state index in [0.717, 1.165) is 3.57 Å². The largest absolute Gasteiger partial charge is 0.496 e. The molecule has 1 amide bonds. The molecule has 0 bridgehead atoms. The maximum Gasteiger partial charge on any atom is 0.252 e.